The van der Waals surface area contributed by atoms with Crippen molar-refractivity contribution in [1.82, 2.24) is 10.2 Å². The van der Waals surface area contributed by atoms with Crippen LogP contribution in [0.15, 0.2) is 24.3 Å². The van der Waals surface area contributed by atoms with Gasteiger partial charge < -0.3 is 16.0 Å². The number of anilines is 1. The Morgan fingerprint density at radius 3 is 2.50 bits per heavy atom. The molecule has 0 radical (unpaired) electrons. The molecule has 3 N–H and O–H groups in total. The highest BCUT2D eigenvalue weighted by Crippen LogP contribution is 2.15. The lowest BCUT2D eigenvalue weighted by molar-refractivity contribution is 0.0944. The molecule has 4 nitrogen and oxygen atoms in total. The average Bonchev–Trinajstić information content (AvgIpc) is 2.41. The van der Waals surface area contributed by atoms with Crippen molar-refractivity contribution in [2.75, 3.05) is 31.9 Å². The average molecular weight is 298 g/mol. The Morgan fingerprint density at radius 1 is 1.30 bits per heavy atom. The molecule has 112 valence electrons. The molecule has 1 heterocycles. The topological polar surface area (TPSA) is 58.4 Å². The zero-order chi connectivity index (χ0) is 13.7. The summed E-state index contributed by atoms with van der Waals surface area (Å²) in [7, 11) is 0. The van der Waals surface area contributed by atoms with Crippen molar-refractivity contribution in [2.24, 2.45) is 5.92 Å². The van der Waals surface area contributed by atoms with E-state index in [4.69, 9.17) is 5.73 Å². The number of hydrogen-bond acceptors (Lipinski definition) is 3. The van der Waals surface area contributed by atoms with E-state index in [1.165, 1.54) is 12.8 Å². The third-order valence-corrected chi connectivity index (χ3v) is 3.76. The molecule has 0 bridgehead atoms. The first-order valence-corrected chi connectivity index (χ1v) is 7.01. The van der Waals surface area contributed by atoms with Crippen molar-refractivity contribution in [3.05, 3.63) is 29.8 Å². The highest BCUT2D eigenvalue weighted by Gasteiger charge is 2.15. The molecule has 1 aromatic carbocycles. The van der Waals surface area contributed by atoms with Gasteiger partial charge in [-0.15, -0.1) is 12.4 Å². The first-order valence-electron chi connectivity index (χ1n) is 7.01. The van der Waals surface area contributed by atoms with Crippen LogP contribution in [0.5, 0.6) is 0 Å². The first-order chi connectivity index (χ1) is 9.15. The van der Waals surface area contributed by atoms with E-state index >= 15 is 0 Å². The van der Waals surface area contributed by atoms with E-state index in [0.717, 1.165) is 25.6 Å². The molecule has 1 saturated heterocycles. The van der Waals surface area contributed by atoms with Crippen LogP contribution in [0.3, 0.4) is 0 Å². The summed E-state index contributed by atoms with van der Waals surface area (Å²) >= 11 is 0. The summed E-state index contributed by atoms with van der Waals surface area (Å²) in [6, 6.07) is 7.02. The number of carbonyl (C=O) groups is 1. The van der Waals surface area contributed by atoms with Crippen LogP contribution in [0, 0.1) is 5.92 Å². The van der Waals surface area contributed by atoms with Crippen molar-refractivity contribution in [3.8, 4) is 0 Å². The fraction of sp³-hybridized carbons (Fsp3) is 0.533. The summed E-state index contributed by atoms with van der Waals surface area (Å²) < 4.78 is 0. The Kier molecular flexibility index (Phi) is 6.82. The summed E-state index contributed by atoms with van der Waals surface area (Å²) in [5.41, 5.74) is 6.94. The van der Waals surface area contributed by atoms with Gasteiger partial charge in [0.2, 0.25) is 0 Å². The van der Waals surface area contributed by atoms with Crippen molar-refractivity contribution in [1.29, 1.82) is 0 Å². The van der Waals surface area contributed by atoms with Gasteiger partial charge in [0.15, 0.2) is 0 Å². The van der Waals surface area contributed by atoms with Gasteiger partial charge in [0.1, 0.15) is 0 Å². The molecule has 0 unspecified atom stereocenters. The highest BCUT2D eigenvalue weighted by atomic mass is 35.5. The van der Waals surface area contributed by atoms with Gasteiger partial charge in [-0.2, -0.15) is 0 Å². The van der Waals surface area contributed by atoms with Crippen LogP contribution in [0.2, 0.25) is 0 Å². The van der Waals surface area contributed by atoms with E-state index in [9.17, 15) is 4.79 Å². The largest absolute Gasteiger partial charge is 0.399 e. The number of nitrogens with two attached hydrogens (primary N) is 1. The third-order valence-electron chi connectivity index (χ3n) is 3.76. The van der Waals surface area contributed by atoms with E-state index in [0.29, 0.717) is 17.8 Å². The van der Waals surface area contributed by atoms with Gasteiger partial charge in [-0.25, -0.2) is 0 Å². The normalized spacial score (nSPS) is 16.4. The summed E-state index contributed by atoms with van der Waals surface area (Å²) in [6.45, 7) is 6.25. The molecule has 0 aromatic heterocycles. The second-order valence-corrected chi connectivity index (χ2v) is 5.40. The number of nitrogen functional groups attached to an aromatic ring is 1. The second kappa shape index (κ2) is 8.12. The fourth-order valence-electron chi connectivity index (χ4n) is 2.35. The predicted molar refractivity (Wildman–Crippen MR) is 85.3 cm³/mol. The van der Waals surface area contributed by atoms with Crippen LogP contribution in [-0.4, -0.2) is 37.0 Å². The molecule has 1 aliphatic rings. The first kappa shape index (κ1) is 16.8. The highest BCUT2D eigenvalue weighted by molar-refractivity contribution is 5.94. The number of amides is 1. The Hall–Kier alpha value is -1.26. The van der Waals surface area contributed by atoms with Crippen molar-refractivity contribution in [2.45, 2.75) is 19.8 Å². The molecular weight excluding hydrogens is 274 g/mol. The number of rotatable bonds is 4. The molecule has 0 spiro atoms. The van der Waals surface area contributed by atoms with Gasteiger partial charge in [0, 0.05) is 24.3 Å². The molecule has 1 aromatic rings. The lowest BCUT2D eigenvalue weighted by Crippen LogP contribution is -2.39. The zero-order valence-corrected chi connectivity index (χ0v) is 12.8. The van der Waals surface area contributed by atoms with Crippen LogP contribution in [-0.2, 0) is 0 Å². The lowest BCUT2D eigenvalue weighted by Gasteiger charge is -2.30. The molecule has 20 heavy (non-hydrogen) atoms. The molecule has 0 saturated carbocycles. The van der Waals surface area contributed by atoms with Gasteiger partial charge in [-0.05, 0) is 56.1 Å². The SMILES string of the molecule is CC1CCN(CCNC(=O)c2ccc(N)cc2)CC1.Cl. The van der Waals surface area contributed by atoms with Crippen molar-refractivity contribution < 1.29 is 4.79 Å². The zero-order valence-electron chi connectivity index (χ0n) is 12.0. The molecule has 1 amide bonds. The molecule has 2 rings (SSSR count). The second-order valence-electron chi connectivity index (χ2n) is 5.40. The quantitative estimate of drug-likeness (QED) is 0.837. The number of nitrogens with zero attached hydrogens (tertiary/aromatic N) is 1. The standard InChI is InChI=1S/C15H23N3O.ClH/c1-12-6-9-18(10-7-12)11-8-17-15(19)13-2-4-14(16)5-3-13;/h2-5,12H,6-11,16H2,1H3,(H,17,19);1H. The van der Waals surface area contributed by atoms with E-state index in [1.54, 1.807) is 24.3 Å². The van der Waals surface area contributed by atoms with Gasteiger partial charge >= 0.3 is 0 Å². The number of likely N-dealkylation sites (tertiary alicyclic amines) is 1. The van der Waals surface area contributed by atoms with E-state index in [-0.39, 0.29) is 18.3 Å². The molecule has 0 aliphatic carbocycles. The monoisotopic (exact) mass is 297 g/mol. The number of benzene rings is 1. The molecular formula is C15H24ClN3O. The van der Waals surface area contributed by atoms with Crippen LogP contribution < -0.4 is 11.1 Å². The maximum absolute atomic E-state index is 11.9. The predicted octanol–water partition coefficient (Wildman–Crippen LogP) is 2.15. The Bertz CT molecular complexity index is 414. The molecule has 1 aliphatic heterocycles. The Balaban J connectivity index is 0.00000200. The van der Waals surface area contributed by atoms with Crippen molar-refractivity contribution in [3.63, 3.8) is 0 Å². The number of halogens is 1. The van der Waals surface area contributed by atoms with Gasteiger partial charge in [0.25, 0.3) is 5.91 Å². The molecule has 0 atom stereocenters. The van der Waals surface area contributed by atoms with E-state index in [1.807, 2.05) is 0 Å². The minimum atomic E-state index is -0.0228. The van der Waals surface area contributed by atoms with Crippen molar-refractivity contribution >= 4 is 24.0 Å². The number of nitrogens with one attached hydrogen (secondary N) is 1. The van der Waals surface area contributed by atoms with Crippen LogP contribution in [0.25, 0.3) is 0 Å². The number of hydrogen-bond donors (Lipinski definition) is 2. The summed E-state index contributed by atoms with van der Waals surface area (Å²) in [6.07, 6.45) is 2.54. The van der Waals surface area contributed by atoms with Gasteiger partial charge in [0.05, 0.1) is 0 Å². The van der Waals surface area contributed by atoms with Crippen LogP contribution in [0.1, 0.15) is 30.1 Å². The van der Waals surface area contributed by atoms with E-state index < -0.39 is 0 Å². The number of piperidine rings is 1. The maximum atomic E-state index is 11.9. The lowest BCUT2D eigenvalue weighted by atomic mass is 9.99. The summed E-state index contributed by atoms with van der Waals surface area (Å²) in [5, 5.41) is 2.96. The van der Waals surface area contributed by atoms with Gasteiger partial charge in [-0.3, -0.25) is 4.79 Å². The third kappa shape index (κ3) is 5.02. The molecule has 1 fully saturated rings. The summed E-state index contributed by atoms with van der Waals surface area (Å²) in [5.74, 6) is 0.825. The fourth-order valence-corrected chi connectivity index (χ4v) is 2.35. The molecule has 5 heteroatoms. The van der Waals surface area contributed by atoms with Gasteiger partial charge in [-0.1, -0.05) is 6.92 Å². The smallest absolute Gasteiger partial charge is 0.251 e. The summed E-state index contributed by atoms with van der Waals surface area (Å²) in [4.78, 5) is 14.3. The Labute approximate surface area is 127 Å². The Morgan fingerprint density at radius 2 is 1.90 bits per heavy atom. The minimum absolute atomic E-state index is 0. The maximum Gasteiger partial charge on any atom is 0.251 e. The number of carbonyl (C=O) groups excluding carboxylic acids is 1. The van der Waals surface area contributed by atoms with Crippen LogP contribution in [0.4, 0.5) is 5.69 Å². The minimum Gasteiger partial charge on any atom is -0.399 e. The van der Waals surface area contributed by atoms with Crippen LogP contribution >= 0.6 is 12.4 Å². The van der Waals surface area contributed by atoms with E-state index in [2.05, 4.69) is 17.1 Å².